The molecular formula is C76H73N11O9. The number of amides is 1. The molecule has 20 heteroatoms. The van der Waals surface area contributed by atoms with Gasteiger partial charge in [0.1, 0.15) is 5.76 Å². The van der Waals surface area contributed by atoms with E-state index in [-0.39, 0.29) is 16.7 Å². The molecule has 1 amide bonds. The molecule has 4 aromatic heterocycles. The second-order valence-electron chi connectivity index (χ2n) is 22.9. The normalized spacial score (nSPS) is 10.5. The van der Waals surface area contributed by atoms with Crippen molar-refractivity contribution in [2.75, 3.05) is 21.3 Å². The number of nitrogens with one attached hydrogen (secondary N) is 7. The van der Waals surface area contributed by atoms with Gasteiger partial charge >= 0.3 is 17.9 Å². The molecule has 0 saturated carbocycles. The fourth-order valence-corrected chi connectivity index (χ4v) is 11.1. The van der Waals surface area contributed by atoms with E-state index in [2.05, 4.69) is 88.2 Å². The van der Waals surface area contributed by atoms with Gasteiger partial charge in [0.25, 0.3) is 5.91 Å². The number of carboxylic acids is 3. The number of carbonyl (C=O) groups excluding carboxylic acids is 1. The molecule has 0 aliphatic carbocycles. The summed E-state index contributed by atoms with van der Waals surface area (Å²) in [5, 5.41) is 67.5. The van der Waals surface area contributed by atoms with Gasteiger partial charge in [-0.2, -0.15) is 10.2 Å². The summed E-state index contributed by atoms with van der Waals surface area (Å²) < 4.78 is 5.28. The maximum absolute atomic E-state index is 11.8. The third-order valence-corrected chi connectivity index (χ3v) is 16.0. The summed E-state index contributed by atoms with van der Waals surface area (Å²) >= 11 is 0. The average molecular weight is 1280 g/mol. The SMILES string of the molecule is Cc1cc(-c2c(C)noc2C)c(C)cc1Nc1ccccc1C(=O)O.Cc1cc(-c2ccncc2)cc(C)c1Nc1ccccc1C(=O)O.Cc1cc(-c2cn[nH]c2)c(C)cc1Nc1ccccc1C(=O)NO.Cc1cc(-c2cn[nH]c2)cc(C)c1Nc1ccccc1C(=O)O. The number of benzene rings is 8. The summed E-state index contributed by atoms with van der Waals surface area (Å²) in [5.41, 5.74) is 26.6. The van der Waals surface area contributed by atoms with Crippen LogP contribution in [0, 0.1) is 69.2 Å². The molecular weight excluding hydrogens is 1210 g/mol. The molecule has 0 unspecified atom stereocenters. The molecule has 20 nitrogen and oxygen atoms in total. The molecule has 0 atom stereocenters. The Morgan fingerprint density at radius 1 is 0.396 bits per heavy atom. The highest BCUT2D eigenvalue weighted by molar-refractivity contribution is 6.00. The Kier molecular flexibility index (Phi) is 21.8. The molecule has 0 fully saturated rings. The van der Waals surface area contributed by atoms with Crippen molar-refractivity contribution in [2.24, 2.45) is 0 Å². The fraction of sp³-hybridized carbons (Fsp3) is 0.132. The fourth-order valence-electron chi connectivity index (χ4n) is 11.1. The van der Waals surface area contributed by atoms with Crippen molar-refractivity contribution in [3.63, 3.8) is 0 Å². The van der Waals surface area contributed by atoms with Crippen LogP contribution in [-0.4, -0.2) is 74.9 Å². The number of carbonyl (C=O) groups is 4. The van der Waals surface area contributed by atoms with Crippen LogP contribution in [-0.2, 0) is 0 Å². The van der Waals surface area contributed by atoms with Gasteiger partial charge in [-0.1, -0.05) is 53.7 Å². The third-order valence-electron chi connectivity index (χ3n) is 16.0. The van der Waals surface area contributed by atoms with Gasteiger partial charge in [-0.3, -0.25) is 25.2 Å². The molecule has 0 saturated heterocycles. The lowest BCUT2D eigenvalue weighted by Gasteiger charge is -2.16. The van der Waals surface area contributed by atoms with Gasteiger partial charge in [0, 0.05) is 64.2 Å². The Labute approximate surface area is 555 Å². The standard InChI is InChI=1S/C20H20N2O3.C20H18N2O2.C18H18N4O2.C18H17N3O2/c1-11-10-18(21-17-8-6-5-7-15(17)20(23)24)12(2)9-16(11)19-13(3)22-25-14(19)4;1-13-11-16(15-7-9-21-10-8-15)12-14(2)19(13)22-18-6-4-3-5-17(18)20(23)24;1-11-8-17(12(2)7-15(11)13-9-19-20-10-13)21-16-6-4-3-5-14(16)18(23)22-24;1-11-7-13(14-9-19-20-10-14)8-12(2)17(11)21-16-6-4-3-5-15(16)18(22)23/h5-10,21H,1-4H3,(H,23,24);3-12,22H,1-2H3,(H,23,24);3-10,21,24H,1-2H3,(H,19,20)(H,22,23);3-10,21H,1-2H3,(H,19,20)(H,22,23). The number of carboxylic acid groups (broad SMARTS) is 3. The van der Waals surface area contributed by atoms with E-state index in [1.165, 1.54) is 0 Å². The quantitative estimate of drug-likeness (QED) is 0.0316. The number of aromatic carboxylic acids is 3. The second kappa shape index (κ2) is 30.8. The summed E-state index contributed by atoms with van der Waals surface area (Å²) in [6, 6.07) is 48.2. The van der Waals surface area contributed by atoms with Crippen LogP contribution in [0.15, 0.2) is 199 Å². The molecule has 8 aromatic carbocycles. The molecule has 96 heavy (non-hydrogen) atoms. The van der Waals surface area contributed by atoms with Crippen LogP contribution in [0.4, 0.5) is 45.5 Å². The zero-order valence-corrected chi connectivity index (χ0v) is 54.6. The summed E-state index contributed by atoms with van der Waals surface area (Å²) in [6.45, 7) is 19.9. The van der Waals surface area contributed by atoms with E-state index < -0.39 is 23.8 Å². The molecule has 11 N–H and O–H groups in total. The number of nitrogens with zero attached hydrogens (tertiary/aromatic N) is 4. The number of aryl methyl sites for hydroxylation is 10. The molecule has 0 radical (unpaired) electrons. The number of hydrogen-bond donors (Lipinski definition) is 11. The van der Waals surface area contributed by atoms with Crippen LogP contribution in [0.3, 0.4) is 0 Å². The largest absolute Gasteiger partial charge is 0.478 e. The van der Waals surface area contributed by atoms with Gasteiger partial charge in [0.2, 0.25) is 0 Å². The number of pyridine rings is 1. The summed E-state index contributed by atoms with van der Waals surface area (Å²) in [5.74, 6) is -2.61. The van der Waals surface area contributed by atoms with Crippen molar-refractivity contribution in [1.82, 2.24) is 36.0 Å². The van der Waals surface area contributed by atoms with E-state index in [1.54, 1.807) is 103 Å². The summed E-state index contributed by atoms with van der Waals surface area (Å²) in [6.07, 6.45) is 10.8. The zero-order valence-electron chi connectivity index (χ0n) is 54.6. The van der Waals surface area contributed by atoms with E-state index in [9.17, 15) is 34.5 Å². The van der Waals surface area contributed by atoms with Gasteiger partial charge in [0.05, 0.1) is 63.1 Å². The van der Waals surface area contributed by atoms with Crippen molar-refractivity contribution in [2.45, 2.75) is 69.2 Å². The maximum Gasteiger partial charge on any atom is 0.337 e. The van der Waals surface area contributed by atoms with E-state index in [0.29, 0.717) is 28.3 Å². The summed E-state index contributed by atoms with van der Waals surface area (Å²) in [4.78, 5) is 49.9. The number of rotatable bonds is 16. The van der Waals surface area contributed by atoms with Crippen molar-refractivity contribution in [1.29, 1.82) is 0 Å². The Balaban J connectivity index is 0.000000150. The number of para-hydroxylation sites is 4. The zero-order chi connectivity index (χ0) is 68.7. The molecule has 0 aliphatic rings. The monoisotopic (exact) mass is 1280 g/mol. The first kappa shape index (κ1) is 68.0. The van der Waals surface area contributed by atoms with Crippen molar-refractivity contribution in [3.8, 4) is 44.5 Å². The van der Waals surface area contributed by atoms with Crippen LogP contribution in [0.5, 0.6) is 0 Å². The van der Waals surface area contributed by atoms with Crippen molar-refractivity contribution in [3.05, 3.63) is 273 Å². The Bertz CT molecular complexity index is 4710. The minimum atomic E-state index is -0.954. The second-order valence-corrected chi connectivity index (χ2v) is 22.9. The van der Waals surface area contributed by atoms with Gasteiger partial charge in [0.15, 0.2) is 0 Å². The highest BCUT2D eigenvalue weighted by Gasteiger charge is 2.19. The number of hydrogen-bond acceptors (Lipinski definition) is 14. The smallest absolute Gasteiger partial charge is 0.337 e. The first-order valence-electron chi connectivity index (χ1n) is 30.5. The molecule has 486 valence electrons. The van der Waals surface area contributed by atoms with Crippen LogP contribution in [0.25, 0.3) is 44.5 Å². The lowest BCUT2D eigenvalue weighted by Crippen LogP contribution is -2.19. The first-order chi connectivity index (χ1) is 46.1. The minimum absolute atomic E-state index is 0.245. The van der Waals surface area contributed by atoms with Gasteiger partial charge in [-0.15, -0.1) is 0 Å². The number of aromatic amines is 2. The first-order valence-corrected chi connectivity index (χ1v) is 30.5. The highest BCUT2D eigenvalue weighted by Crippen LogP contribution is 2.37. The third kappa shape index (κ3) is 16.2. The maximum atomic E-state index is 11.8. The molecule has 0 bridgehead atoms. The van der Waals surface area contributed by atoms with Gasteiger partial charge in [-0.25, -0.2) is 19.9 Å². The Morgan fingerprint density at radius 3 is 1.19 bits per heavy atom. The Morgan fingerprint density at radius 2 is 0.781 bits per heavy atom. The molecule has 4 heterocycles. The van der Waals surface area contributed by atoms with Crippen LogP contribution < -0.4 is 26.7 Å². The van der Waals surface area contributed by atoms with E-state index in [4.69, 9.17) is 9.73 Å². The van der Waals surface area contributed by atoms with E-state index in [0.717, 1.165) is 123 Å². The number of hydroxylamine groups is 1. The minimum Gasteiger partial charge on any atom is -0.478 e. The van der Waals surface area contributed by atoms with Crippen molar-refractivity contribution < 1.29 is 44.2 Å². The van der Waals surface area contributed by atoms with E-state index >= 15 is 0 Å². The molecule has 12 rings (SSSR count). The van der Waals surface area contributed by atoms with Gasteiger partial charge in [-0.05, 0) is 251 Å². The van der Waals surface area contributed by atoms with Crippen LogP contribution >= 0.6 is 0 Å². The lowest BCUT2D eigenvalue weighted by atomic mass is 9.96. The number of aromatic nitrogens is 6. The predicted octanol–water partition coefficient (Wildman–Crippen LogP) is 17.5. The highest BCUT2D eigenvalue weighted by atomic mass is 16.5. The lowest BCUT2D eigenvalue weighted by molar-refractivity contribution is 0.0687. The van der Waals surface area contributed by atoms with Crippen LogP contribution in [0.2, 0.25) is 0 Å². The molecule has 12 aromatic rings. The Hall–Kier alpha value is -12.4. The van der Waals surface area contributed by atoms with Gasteiger partial charge < -0.3 is 41.1 Å². The van der Waals surface area contributed by atoms with E-state index in [1.807, 2.05) is 130 Å². The topological polar surface area (TPSA) is 306 Å². The van der Waals surface area contributed by atoms with Crippen LogP contribution in [0.1, 0.15) is 97.4 Å². The average Bonchev–Trinajstić information content (AvgIpc) is 1.40. The summed E-state index contributed by atoms with van der Waals surface area (Å²) in [7, 11) is 0. The molecule has 0 spiro atoms. The van der Waals surface area contributed by atoms with Crippen molar-refractivity contribution >= 4 is 69.3 Å². The number of anilines is 8. The molecule has 0 aliphatic heterocycles. The predicted molar refractivity (Wildman–Crippen MR) is 376 cm³/mol. The number of H-pyrrole nitrogens is 2.